The van der Waals surface area contributed by atoms with E-state index in [1.54, 1.807) is 10.7 Å². The number of piperidine rings is 1. The van der Waals surface area contributed by atoms with Crippen LogP contribution in [0.4, 0.5) is 0 Å². The molecule has 4 heterocycles. The van der Waals surface area contributed by atoms with Crippen LogP contribution in [-0.4, -0.2) is 36.5 Å². The summed E-state index contributed by atoms with van der Waals surface area (Å²) >= 11 is 0. The molecule has 0 spiro atoms. The Morgan fingerprint density at radius 3 is 2.96 bits per heavy atom. The van der Waals surface area contributed by atoms with Crippen molar-refractivity contribution in [2.45, 2.75) is 25.3 Å². The first-order valence-electron chi connectivity index (χ1n) is 7.96. The predicted octanol–water partition coefficient (Wildman–Crippen LogP) is 2.44. The standard InChI is InChI=1S/C17H19N5O/c1-20-10-4-6-15(20)17(23)21-11-3-2-5-14(21)13-8-12-22-16(19-13)7-9-18-22/h4,6-10,12,14H,2-3,5,11H2,1H3/t14-/m0/s1. The zero-order chi connectivity index (χ0) is 15.8. The summed E-state index contributed by atoms with van der Waals surface area (Å²) in [7, 11) is 1.91. The van der Waals surface area contributed by atoms with Crippen LogP contribution >= 0.6 is 0 Å². The molecule has 118 valence electrons. The molecule has 0 radical (unpaired) electrons. The molecule has 1 atom stereocenters. The quantitative estimate of drug-likeness (QED) is 0.730. The molecule has 6 nitrogen and oxygen atoms in total. The average molecular weight is 309 g/mol. The molecular formula is C17H19N5O. The zero-order valence-electron chi connectivity index (χ0n) is 13.1. The van der Waals surface area contributed by atoms with Gasteiger partial charge in [-0.05, 0) is 37.5 Å². The van der Waals surface area contributed by atoms with E-state index in [0.29, 0.717) is 0 Å². The second-order valence-electron chi connectivity index (χ2n) is 6.00. The molecular weight excluding hydrogens is 290 g/mol. The van der Waals surface area contributed by atoms with Gasteiger partial charge in [0.05, 0.1) is 17.9 Å². The van der Waals surface area contributed by atoms with Gasteiger partial charge in [-0.3, -0.25) is 4.79 Å². The van der Waals surface area contributed by atoms with E-state index in [2.05, 4.69) is 5.10 Å². The molecule has 1 aliphatic rings. The van der Waals surface area contributed by atoms with Crippen LogP contribution < -0.4 is 0 Å². The number of carbonyl (C=O) groups is 1. The predicted molar refractivity (Wildman–Crippen MR) is 86.0 cm³/mol. The third kappa shape index (κ3) is 2.40. The number of aromatic nitrogens is 4. The van der Waals surface area contributed by atoms with Gasteiger partial charge < -0.3 is 9.47 Å². The molecule has 0 N–H and O–H groups in total. The van der Waals surface area contributed by atoms with Gasteiger partial charge in [-0.1, -0.05) is 0 Å². The van der Waals surface area contributed by atoms with Crippen LogP contribution in [0.3, 0.4) is 0 Å². The first-order chi connectivity index (χ1) is 11.2. The third-order valence-corrected chi connectivity index (χ3v) is 4.55. The summed E-state index contributed by atoms with van der Waals surface area (Å²) in [6.07, 6.45) is 8.67. The van der Waals surface area contributed by atoms with Crippen molar-refractivity contribution < 1.29 is 4.79 Å². The van der Waals surface area contributed by atoms with Crippen molar-refractivity contribution in [2.24, 2.45) is 7.05 Å². The Hall–Kier alpha value is -2.63. The average Bonchev–Trinajstić information content (AvgIpc) is 3.22. The highest BCUT2D eigenvalue weighted by atomic mass is 16.2. The van der Waals surface area contributed by atoms with Crippen LogP contribution in [0.25, 0.3) is 5.65 Å². The SMILES string of the molecule is Cn1cccc1C(=O)N1CCCC[C@H]1c1ccn2nccc2n1. The smallest absolute Gasteiger partial charge is 0.271 e. The van der Waals surface area contributed by atoms with E-state index in [-0.39, 0.29) is 11.9 Å². The minimum atomic E-state index is 0.0334. The van der Waals surface area contributed by atoms with Crippen LogP contribution in [0.2, 0.25) is 0 Å². The lowest BCUT2D eigenvalue weighted by atomic mass is 9.98. The van der Waals surface area contributed by atoms with Crippen molar-refractivity contribution in [1.29, 1.82) is 0 Å². The number of aryl methyl sites for hydroxylation is 1. The largest absolute Gasteiger partial charge is 0.347 e. The molecule has 1 saturated heterocycles. The Bertz CT molecular complexity index is 849. The Labute approximate surface area is 134 Å². The molecule has 0 aliphatic carbocycles. The summed E-state index contributed by atoms with van der Waals surface area (Å²) in [6, 6.07) is 7.67. The van der Waals surface area contributed by atoms with Crippen LogP contribution in [-0.2, 0) is 7.05 Å². The minimum Gasteiger partial charge on any atom is -0.347 e. The van der Waals surface area contributed by atoms with Crippen molar-refractivity contribution in [1.82, 2.24) is 24.1 Å². The molecule has 0 bridgehead atoms. The van der Waals surface area contributed by atoms with Gasteiger partial charge in [-0.25, -0.2) is 9.50 Å². The second kappa shape index (κ2) is 5.53. The molecule has 3 aromatic heterocycles. The minimum absolute atomic E-state index is 0.0334. The fourth-order valence-electron chi connectivity index (χ4n) is 3.33. The molecule has 0 aromatic carbocycles. The van der Waals surface area contributed by atoms with Gasteiger partial charge in [0.2, 0.25) is 0 Å². The maximum absolute atomic E-state index is 12.9. The highest BCUT2D eigenvalue weighted by Gasteiger charge is 2.30. The number of fused-ring (bicyclic) bond motifs is 1. The Morgan fingerprint density at radius 1 is 1.22 bits per heavy atom. The summed E-state index contributed by atoms with van der Waals surface area (Å²) < 4.78 is 3.62. The van der Waals surface area contributed by atoms with Crippen molar-refractivity contribution in [2.75, 3.05) is 6.54 Å². The van der Waals surface area contributed by atoms with Crippen molar-refractivity contribution >= 4 is 11.6 Å². The molecule has 4 rings (SSSR count). The summed E-state index contributed by atoms with van der Waals surface area (Å²) in [6.45, 7) is 0.779. The normalized spacial score (nSPS) is 18.5. The molecule has 23 heavy (non-hydrogen) atoms. The summed E-state index contributed by atoms with van der Waals surface area (Å²) in [5.41, 5.74) is 2.49. The number of hydrogen-bond donors (Lipinski definition) is 0. The zero-order valence-corrected chi connectivity index (χ0v) is 13.1. The molecule has 3 aromatic rings. The number of carbonyl (C=O) groups excluding carboxylic acids is 1. The maximum Gasteiger partial charge on any atom is 0.271 e. The molecule has 0 saturated carbocycles. The first-order valence-corrected chi connectivity index (χ1v) is 7.96. The van der Waals surface area contributed by atoms with Crippen molar-refractivity contribution in [3.63, 3.8) is 0 Å². The van der Waals surface area contributed by atoms with E-state index < -0.39 is 0 Å². The van der Waals surface area contributed by atoms with Crippen LogP contribution in [0, 0.1) is 0 Å². The third-order valence-electron chi connectivity index (χ3n) is 4.55. The van der Waals surface area contributed by atoms with Gasteiger partial charge in [0.15, 0.2) is 5.65 Å². The van der Waals surface area contributed by atoms with Crippen molar-refractivity contribution in [3.8, 4) is 0 Å². The fourth-order valence-corrected chi connectivity index (χ4v) is 3.33. The number of amides is 1. The van der Waals surface area contributed by atoms with Crippen LogP contribution in [0.1, 0.15) is 41.5 Å². The Balaban J connectivity index is 1.70. The van der Waals surface area contributed by atoms with Gasteiger partial charge >= 0.3 is 0 Å². The van der Waals surface area contributed by atoms with Gasteiger partial charge in [0.1, 0.15) is 5.69 Å². The van der Waals surface area contributed by atoms with Crippen molar-refractivity contribution in [3.05, 3.63) is 54.2 Å². The molecule has 0 unspecified atom stereocenters. The lowest BCUT2D eigenvalue weighted by molar-refractivity contribution is 0.0596. The number of likely N-dealkylation sites (tertiary alicyclic amines) is 1. The molecule has 6 heteroatoms. The Kier molecular flexibility index (Phi) is 3.37. The number of nitrogens with zero attached hydrogens (tertiary/aromatic N) is 5. The second-order valence-corrected chi connectivity index (χ2v) is 6.00. The van der Waals surface area contributed by atoms with Crippen LogP contribution in [0.15, 0.2) is 42.9 Å². The summed E-state index contributed by atoms with van der Waals surface area (Å²) in [5.74, 6) is 0.0809. The molecule has 1 fully saturated rings. The van der Waals surface area contributed by atoms with E-state index in [0.717, 1.165) is 42.8 Å². The van der Waals surface area contributed by atoms with E-state index in [1.165, 1.54) is 0 Å². The summed E-state index contributed by atoms with van der Waals surface area (Å²) in [5, 5.41) is 4.18. The molecule has 1 amide bonds. The lowest BCUT2D eigenvalue weighted by Crippen LogP contribution is -2.39. The summed E-state index contributed by atoms with van der Waals surface area (Å²) in [4.78, 5) is 19.6. The highest BCUT2D eigenvalue weighted by molar-refractivity contribution is 5.93. The van der Waals surface area contributed by atoms with Gasteiger partial charge in [-0.15, -0.1) is 0 Å². The van der Waals surface area contributed by atoms with E-state index in [9.17, 15) is 4.79 Å². The Morgan fingerprint density at radius 2 is 2.13 bits per heavy atom. The van der Waals surface area contributed by atoms with Gasteiger partial charge in [0.25, 0.3) is 5.91 Å². The van der Waals surface area contributed by atoms with Gasteiger partial charge in [-0.2, -0.15) is 5.10 Å². The van der Waals surface area contributed by atoms with E-state index in [1.807, 2.05) is 53.2 Å². The lowest BCUT2D eigenvalue weighted by Gasteiger charge is -2.35. The monoisotopic (exact) mass is 309 g/mol. The fraction of sp³-hybridized carbons (Fsp3) is 0.353. The van der Waals surface area contributed by atoms with Gasteiger partial charge in [0, 0.05) is 32.1 Å². The van der Waals surface area contributed by atoms with Crippen LogP contribution in [0.5, 0.6) is 0 Å². The topological polar surface area (TPSA) is 55.4 Å². The number of hydrogen-bond acceptors (Lipinski definition) is 3. The highest BCUT2D eigenvalue weighted by Crippen LogP contribution is 2.31. The van der Waals surface area contributed by atoms with E-state index in [4.69, 9.17) is 4.98 Å². The maximum atomic E-state index is 12.9. The number of rotatable bonds is 2. The van der Waals surface area contributed by atoms with E-state index >= 15 is 0 Å². The molecule has 1 aliphatic heterocycles. The first kappa shape index (κ1) is 14.0.